The molecule has 1 rings (SSSR count). The van der Waals surface area contributed by atoms with Crippen molar-refractivity contribution in [1.29, 1.82) is 0 Å². The Morgan fingerprint density at radius 2 is 1.55 bits per heavy atom. The number of ether oxygens (including phenoxy) is 4. The lowest BCUT2D eigenvalue weighted by atomic mass is 10.0. The molecule has 0 aliphatic heterocycles. The number of rotatable bonds is 8. The van der Waals surface area contributed by atoms with Gasteiger partial charge in [-0.25, -0.2) is 0 Å². The first-order chi connectivity index (χ1) is 9.65. The second-order valence-corrected chi connectivity index (χ2v) is 4.29. The summed E-state index contributed by atoms with van der Waals surface area (Å²) in [6, 6.07) is 3.66. The van der Waals surface area contributed by atoms with Crippen molar-refractivity contribution in [3.05, 3.63) is 17.7 Å². The predicted molar refractivity (Wildman–Crippen MR) is 75.7 cm³/mol. The summed E-state index contributed by atoms with van der Waals surface area (Å²) < 4.78 is 20.6. The lowest BCUT2D eigenvalue weighted by molar-refractivity contribution is -0.140. The molecule has 0 heterocycles. The van der Waals surface area contributed by atoms with Gasteiger partial charge in [0, 0.05) is 24.1 Å². The molecule has 0 spiro atoms. The van der Waals surface area contributed by atoms with E-state index in [1.807, 2.05) is 12.1 Å². The van der Waals surface area contributed by atoms with E-state index in [4.69, 9.17) is 14.2 Å². The second kappa shape index (κ2) is 8.30. The Bertz CT molecular complexity index is 417. The van der Waals surface area contributed by atoms with Crippen LogP contribution in [0.15, 0.2) is 12.1 Å². The van der Waals surface area contributed by atoms with Crippen molar-refractivity contribution in [2.24, 2.45) is 0 Å². The topological polar surface area (TPSA) is 54.0 Å². The van der Waals surface area contributed by atoms with E-state index in [2.05, 4.69) is 4.74 Å². The van der Waals surface area contributed by atoms with Gasteiger partial charge in [0.05, 0.1) is 28.4 Å². The molecular weight excluding hydrogens is 260 g/mol. The van der Waals surface area contributed by atoms with Gasteiger partial charge in [0.1, 0.15) is 17.2 Å². The summed E-state index contributed by atoms with van der Waals surface area (Å²) in [5.41, 5.74) is 0.987. The Labute approximate surface area is 119 Å². The van der Waals surface area contributed by atoms with Gasteiger partial charge in [0.2, 0.25) is 0 Å². The molecular formula is C15H22O5. The van der Waals surface area contributed by atoms with Crippen molar-refractivity contribution >= 4 is 5.97 Å². The molecule has 0 fully saturated rings. The van der Waals surface area contributed by atoms with Crippen molar-refractivity contribution in [3.8, 4) is 17.2 Å². The van der Waals surface area contributed by atoms with Crippen LogP contribution in [0.25, 0.3) is 0 Å². The van der Waals surface area contributed by atoms with Crippen molar-refractivity contribution in [1.82, 2.24) is 0 Å². The van der Waals surface area contributed by atoms with Gasteiger partial charge < -0.3 is 18.9 Å². The Kier molecular flexibility index (Phi) is 6.70. The highest BCUT2D eigenvalue weighted by molar-refractivity contribution is 5.69. The van der Waals surface area contributed by atoms with Crippen LogP contribution < -0.4 is 14.2 Å². The highest BCUT2D eigenvalue weighted by Gasteiger charge is 2.13. The number of methoxy groups -OCH3 is 4. The number of hydrogen-bond acceptors (Lipinski definition) is 5. The van der Waals surface area contributed by atoms with Crippen LogP contribution in [0.4, 0.5) is 0 Å². The fraction of sp³-hybridized carbons (Fsp3) is 0.533. The van der Waals surface area contributed by atoms with Crippen molar-refractivity contribution in [3.63, 3.8) is 0 Å². The number of carbonyl (C=O) groups is 1. The highest BCUT2D eigenvalue weighted by atomic mass is 16.5. The zero-order valence-corrected chi connectivity index (χ0v) is 12.5. The molecule has 0 aliphatic rings. The standard InChI is InChI=1S/C15H22O5/c1-17-11-9-13(18-2)12(14(10-11)19-3)7-5-6-8-15(16)20-4/h9-10H,5-8H2,1-4H3. The summed E-state index contributed by atoms with van der Waals surface area (Å²) in [4.78, 5) is 11.1. The molecule has 0 saturated heterocycles. The van der Waals surface area contributed by atoms with Crippen molar-refractivity contribution < 1.29 is 23.7 Å². The number of benzene rings is 1. The molecule has 0 unspecified atom stereocenters. The SMILES string of the molecule is COC(=O)CCCCc1c(OC)cc(OC)cc1OC. The quantitative estimate of drug-likeness (QED) is 0.542. The Hall–Kier alpha value is -1.91. The normalized spacial score (nSPS) is 10.0. The van der Waals surface area contributed by atoms with Crippen LogP contribution in [0, 0.1) is 0 Å². The summed E-state index contributed by atoms with van der Waals surface area (Å²) in [6.07, 6.45) is 2.82. The monoisotopic (exact) mass is 282 g/mol. The van der Waals surface area contributed by atoms with E-state index in [-0.39, 0.29) is 5.97 Å². The predicted octanol–water partition coefficient (Wildman–Crippen LogP) is 2.60. The Balaban J connectivity index is 2.74. The van der Waals surface area contributed by atoms with Crippen LogP contribution >= 0.6 is 0 Å². The van der Waals surface area contributed by atoms with Crippen molar-refractivity contribution in [2.75, 3.05) is 28.4 Å². The van der Waals surface area contributed by atoms with Crippen LogP contribution in [0.5, 0.6) is 17.2 Å². The average molecular weight is 282 g/mol. The molecule has 0 atom stereocenters. The molecule has 0 saturated carbocycles. The van der Waals surface area contributed by atoms with Crippen LogP contribution in [-0.2, 0) is 16.0 Å². The number of carbonyl (C=O) groups excluding carboxylic acids is 1. The molecule has 20 heavy (non-hydrogen) atoms. The minimum atomic E-state index is -0.182. The minimum Gasteiger partial charge on any atom is -0.496 e. The van der Waals surface area contributed by atoms with Gasteiger partial charge in [0.25, 0.3) is 0 Å². The lowest BCUT2D eigenvalue weighted by Crippen LogP contribution is -2.01. The summed E-state index contributed by atoms with van der Waals surface area (Å²) in [6.45, 7) is 0. The van der Waals surface area contributed by atoms with E-state index < -0.39 is 0 Å². The molecule has 0 radical (unpaired) electrons. The summed E-state index contributed by atoms with van der Waals surface area (Å²) in [5, 5.41) is 0. The van der Waals surface area contributed by atoms with E-state index in [1.165, 1.54) is 7.11 Å². The van der Waals surface area contributed by atoms with E-state index in [0.717, 1.165) is 36.3 Å². The van der Waals surface area contributed by atoms with Gasteiger partial charge in [-0.05, 0) is 19.3 Å². The molecule has 0 N–H and O–H groups in total. The molecule has 1 aromatic rings. The van der Waals surface area contributed by atoms with Crippen molar-refractivity contribution in [2.45, 2.75) is 25.7 Å². The molecule has 5 nitrogen and oxygen atoms in total. The Morgan fingerprint density at radius 1 is 0.950 bits per heavy atom. The molecule has 0 aliphatic carbocycles. The first-order valence-electron chi connectivity index (χ1n) is 6.52. The fourth-order valence-corrected chi connectivity index (χ4v) is 2.00. The van der Waals surface area contributed by atoms with E-state index in [1.54, 1.807) is 21.3 Å². The average Bonchev–Trinajstić information content (AvgIpc) is 2.50. The number of unbranched alkanes of at least 4 members (excludes halogenated alkanes) is 1. The first-order valence-corrected chi connectivity index (χ1v) is 6.52. The molecule has 112 valence electrons. The summed E-state index contributed by atoms with van der Waals surface area (Å²) in [5.74, 6) is 1.98. The highest BCUT2D eigenvalue weighted by Crippen LogP contribution is 2.35. The van der Waals surface area contributed by atoms with Crippen LogP contribution in [0.2, 0.25) is 0 Å². The smallest absolute Gasteiger partial charge is 0.305 e. The van der Waals surface area contributed by atoms with Crippen LogP contribution in [0.3, 0.4) is 0 Å². The van der Waals surface area contributed by atoms with Gasteiger partial charge in [0.15, 0.2) is 0 Å². The molecule has 1 aromatic carbocycles. The minimum absolute atomic E-state index is 0.182. The third-order valence-electron chi connectivity index (χ3n) is 3.10. The maximum atomic E-state index is 11.1. The molecule has 0 amide bonds. The van der Waals surface area contributed by atoms with Crippen LogP contribution in [0.1, 0.15) is 24.8 Å². The summed E-state index contributed by atoms with van der Waals surface area (Å²) in [7, 11) is 6.24. The van der Waals surface area contributed by atoms with Gasteiger partial charge in [-0.3, -0.25) is 4.79 Å². The molecule has 5 heteroatoms. The van der Waals surface area contributed by atoms with E-state index >= 15 is 0 Å². The van der Waals surface area contributed by atoms with E-state index in [9.17, 15) is 4.79 Å². The maximum absolute atomic E-state index is 11.1. The van der Waals surface area contributed by atoms with Gasteiger partial charge in [-0.15, -0.1) is 0 Å². The summed E-state index contributed by atoms with van der Waals surface area (Å²) >= 11 is 0. The third-order valence-corrected chi connectivity index (χ3v) is 3.10. The zero-order chi connectivity index (χ0) is 15.0. The van der Waals surface area contributed by atoms with Gasteiger partial charge in [-0.2, -0.15) is 0 Å². The van der Waals surface area contributed by atoms with E-state index in [0.29, 0.717) is 12.2 Å². The largest absolute Gasteiger partial charge is 0.496 e. The number of esters is 1. The van der Waals surface area contributed by atoms with Gasteiger partial charge >= 0.3 is 5.97 Å². The first kappa shape index (κ1) is 16.1. The Morgan fingerprint density at radius 3 is 2.00 bits per heavy atom. The fourth-order valence-electron chi connectivity index (χ4n) is 2.00. The maximum Gasteiger partial charge on any atom is 0.305 e. The van der Waals surface area contributed by atoms with Gasteiger partial charge in [-0.1, -0.05) is 0 Å². The molecule has 0 bridgehead atoms. The third kappa shape index (κ3) is 4.33. The molecule has 0 aromatic heterocycles. The van der Waals surface area contributed by atoms with Crippen LogP contribution in [-0.4, -0.2) is 34.4 Å². The lowest BCUT2D eigenvalue weighted by Gasteiger charge is -2.14. The second-order valence-electron chi connectivity index (χ2n) is 4.29. The zero-order valence-electron chi connectivity index (χ0n) is 12.5. The number of hydrogen-bond donors (Lipinski definition) is 0.